The number of aliphatic imine (C=N–C) groups is 1. The zero-order chi connectivity index (χ0) is 26.0. The van der Waals surface area contributed by atoms with E-state index in [1.165, 1.54) is 11.8 Å². The van der Waals surface area contributed by atoms with Crippen LogP contribution < -0.4 is 27.8 Å². The Balaban J connectivity index is 2.04. The van der Waals surface area contributed by atoms with Crippen LogP contribution >= 0.6 is 0 Å². The summed E-state index contributed by atoms with van der Waals surface area (Å²) in [4.78, 5) is 55.1. The molecule has 0 aliphatic carbocycles. The van der Waals surface area contributed by atoms with Crippen LogP contribution in [0.25, 0.3) is 0 Å². The van der Waals surface area contributed by atoms with Gasteiger partial charge in [-0.15, -0.1) is 0 Å². The van der Waals surface area contributed by atoms with E-state index < -0.39 is 47.9 Å². The molecule has 0 aromatic heterocycles. The summed E-state index contributed by atoms with van der Waals surface area (Å²) < 4.78 is 0. The second-order valence-electron chi connectivity index (χ2n) is 8.56. The van der Waals surface area contributed by atoms with Gasteiger partial charge in [-0.1, -0.05) is 30.3 Å². The molecule has 9 N–H and O–H groups in total. The number of carbonyl (C=O) groups excluding carboxylic acids is 3. The first kappa shape index (κ1) is 27.6. The average Bonchev–Trinajstić information content (AvgIpc) is 3.31. The van der Waals surface area contributed by atoms with E-state index in [2.05, 4.69) is 15.6 Å². The minimum atomic E-state index is -1.07. The van der Waals surface area contributed by atoms with Crippen LogP contribution in [-0.4, -0.2) is 76.9 Å². The van der Waals surface area contributed by atoms with E-state index in [1.807, 2.05) is 30.3 Å². The fourth-order valence-corrected chi connectivity index (χ4v) is 3.90. The molecule has 1 aliphatic rings. The van der Waals surface area contributed by atoms with E-state index in [9.17, 15) is 24.3 Å². The first-order valence-electron chi connectivity index (χ1n) is 11.6. The Morgan fingerprint density at radius 1 is 1.14 bits per heavy atom. The number of guanidine groups is 1. The molecule has 35 heavy (non-hydrogen) atoms. The van der Waals surface area contributed by atoms with Gasteiger partial charge in [0.15, 0.2) is 5.96 Å². The Hall–Kier alpha value is -3.67. The molecule has 1 saturated heterocycles. The predicted octanol–water partition coefficient (Wildman–Crippen LogP) is -1.32. The Morgan fingerprint density at radius 2 is 1.83 bits per heavy atom. The largest absolute Gasteiger partial charge is 0.480 e. The average molecular weight is 490 g/mol. The van der Waals surface area contributed by atoms with E-state index in [4.69, 9.17) is 17.2 Å². The molecule has 0 spiro atoms. The molecule has 1 aromatic carbocycles. The first-order valence-corrected chi connectivity index (χ1v) is 11.6. The highest BCUT2D eigenvalue weighted by Gasteiger charge is 2.37. The number of aliphatic carboxylic acids is 1. The molecule has 192 valence electrons. The molecule has 1 fully saturated rings. The maximum absolute atomic E-state index is 13.1. The number of benzene rings is 1. The highest BCUT2D eigenvalue weighted by molar-refractivity contribution is 5.94. The van der Waals surface area contributed by atoms with Gasteiger partial charge >= 0.3 is 5.97 Å². The third-order valence-corrected chi connectivity index (χ3v) is 5.77. The molecule has 0 radical (unpaired) electrons. The summed E-state index contributed by atoms with van der Waals surface area (Å²) in [7, 11) is 0. The monoisotopic (exact) mass is 489 g/mol. The number of rotatable bonds is 12. The van der Waals surface area contributed by atoms with Crippen molar-refractivity contribution in [1.82, 2.24) is 15.5 Å². The summed E-state index contributed by atoms with van der Waals surface area (Å²) in [5.74, 6) is -2.69. The van der Waals surface area contributed by atoms with Crippen molar-refractivity contribution in [3.8, 4) is 0 Å². The minimum Gasteiger partial charge on any atom is -0.480 e. The van der Waals surface area contributed by atoms with Crippen molar-refractivity contribution in [1.29, 1.82) is 0 Å². The summed E-state index contributed by atoms with van der Waals surface area (Å²) in [5, 5.41) is 14.6. The number of likely N-dealkylation sites (tertiary alicyclic amines) is 1. The summed E-state index contributed by atoms with van der Waals surface area (Å²) in [6, 6.07) is 5.35. The lowest BCUT2D eigenvalue weighted by Crippen LogP contribution is -2.56. The van der Waals surface area contributed by atoms with Crippen LogP contribution in [0.3, 0.4) is 0 Å². The minimum absolute atomic E-state index is 0.0464. The van der Waals surface area contributed by atoms with Crippen LogP contribution in [0.15, 0.2) is 35.3 Å². The molecule has 4 atom stereocenters. The summed E-state index contributed by atoms with van der Waals surface area (Å²) in [6.45, 7) is 2.13. The number of nitrogens with one attached hydrogen (secondary N) is 2. The molecular weight excluding hydrogens is 454 g/mol. The molecule has 1 aromatic rings. The van der Waals surface area contributed by atoms with Crippen LogP contribution in [0.5, 0.6) is 0 Å². The van der Waals surface area contributed by atoms with Crippen molar-refractivity contribution in [3.63, 3.8) is 0 Å². The van der Waals surface area contributed by atoms with Crippen molar-refractivity contribution >= 4 is 29.7 Å². The number of hydrogen-bond donors (Lipinski definition) is 6. The van der Waals surface area contributed by atoms with Gasteiger partial charge in [0.1, 0.15) is 18.1 Å². The molecule has 12 heteroatoms. The van der Waals surface area contributed by atoms with Crippen molar-refractivity contribution in [3.05, 3.63) is 35.9 Å². The molecule has 4 unspecified atom stereocenters. The highest BCUT2D eigenvalue weighted by Crippen LogP contribution is 2.18. The SMILES string of the molecule is CC(NC(=O)C(Cc1ccccc1)NC(=O)C(N)CCCN=C(N)N)C(=O)N1CCCC1C(=O)O. The lowest BCUT2D eigenvalue weighted by atomic mass is 10.0. The molecule has 0 saturated carbocycles. The zero-order valence-corrected chi connectivity index (χ0v) is 19.9. The number of carbonyl (C=O) groups is 4. The van der Waals surface area contributed by atoms with Gasteiger partial charge in [-0.25, -0.2) is 4.79 Å². The van der Waals surface area contributed by atoms with Gasteiger partial charge in [-0.2, -0.15) is 0 Å². The fourth-order valence-electron chi connectivity index (χ4n) is 3.90. The topological polar surface area (TPSA) is 206 Å². The van der Waals surface area contributed by atoms with E-state index in [-0.39, 0.29) is 12.4 Å². The number of carboxylic acid groups (broad SMARTS) is 1. The molecule has 1 aliphatic heterocycles. The summed E-state index contributed by atoms with van der Waals surface area (Å²) in [6.07, 6.45) is 1.92. The lowest BCUT2D eigenvalue weighted by molar-refractivity contribution is -0.149. The van der Waals surface area contributed by atoms with Crippen LogP contribution in [0.1, 0.15) is 38.2 Å². The molecule has 3 amide bonds. The maximum atomic E-state index is 13.1. The van der Waals surface area contributed by atoms with Crippen molar-refractivity contribution < 1.29 is 24.3 Å². The number of amides is 3. The Morgan fingerprint density at radius 3 is 2.46 bits per heavy atom. The lowest BCUT2D eigenvalue weighted by Gasteiger charge is -2.27. The summed E-state index contributed by atoms with van der Waals surface area (Å²) >= 11 is 0. The highest BCUT2D eigenvalue weighted by atomic mass is 16.4. The van der Waals surface area contributed by atoms with Crippen LogP contribution in [0.2, 0.25) is 0 Å². The Kier molecular flexibility index (Phi) is 10.5. The maximum Gasteiger partial charge on any atom is 0.326 e. The smallest absolute Gasteiger partial charge is 0.326 e. The number of nitrogens with two attached hydrogens (primary N) is 3. The van der Waals surface area contributed by atoms with E-state index in [0.29, 0.717) is 38.8 Å². The third-order valence-electron chi connectivity index (χ3n) is 5.77. The molecular formula is C23H35N7O5. The van der Waals surface area contributed by atoms with Gasteiger partial charge < -0.3 is 37.8 Å². The van der Waals surface area contributed by atoms with Crippen molar-refractivity contribution in [2.75, 3.05) is 13.1 Å². The Bertz CT molecular complexity index is 920. The third kappa shape index (κ3) is 8.56. The predicted molar refractivity (Wildman–Crippen MR) is 130 cm³/mol. The number of carboxylic acids is 1. The van der Waals surface area contributed by atoms with Crippen LogP contribution in [0, 0.1) is 0 Å². The van der Waals surface area contributed by atoms with E-state index in [1.54, 1.807) is 0 Å². The number of nitrogens with zero attached hydrogens (tertiary/aromatic N) is 2. The van der Waals surface area contributed by atoms with Gasteiger partial charge in [-0.05, 0) is 38.2 Å². The summed E-state index contributed by atoms with van der Waals surface area (Å²) in [5.41, 5.74) is 17.3. The molecule has 1 heterocycles. The van der Waals surface area contributed by atoms with Crippen LogP contribution in [0.4, 0.5) is 0 Å². The van der Waals surface area contributed by atoms with E-state index >= 15 is 0 Å². The standard InChI is InChI=1S/C23H35N7O5/c1-14(21(33)30-12-6-10-18(30)22(34)35)28-20(32)17(13-15-7-3-2-4-8-15)29-19(31)16(24)9-5-11-27-23(25)26/h2-4,7-8,14,16-18H,5-6,9-13,24H2,1H3,(H,28,32)(H,29,31)(H,34,35)(H4,25,26,27). The zero-order valence-electron chi connectivity index (χ0n) is 19.9. The number of hydrogen-bond acceptors (Lipinski definition) is 6. The quantitative estimate of drug-likeness (QED) is 0.118. The molecule has 12 nitrogen and oxygen atoms in total. The first-order chi connectivity index (χ1) is 16.6. The molecule has 2 rings (SSSR count). The van der Waals surface area contributed by atoms with Crippen LogP contribution in [-0.2, 0) is 25.6 Å². The molecule has 0 bridgehead atoms. The normalized spacial score (nSPS) is 17.7. The Labute approximate surface area is 204 Å². The van der Waals surface area contributed by atoms with Crippen molar-refractivity contribution in [2.45, 2.75) is 63.2 Å². The van der Waals surface area contributed by atoms with Gasteiger partial charge in [-0.3, -0.25) is 19.4 Å². The fraction of sp³-hybridized carbons (Fsp3) is 0.522. The van der Waals surface area contributed by atoms with E-state index in [0.717, 1.165) is 5.56 Å². The van der Waals surface area contributed by atoms with Gasteiger partial charge in [0.2, 0.25) is 17.7 Å². The van der Waals surface area contributed by atoms with Crippen molar-refractivity contribution in [2.24, 2.45) is 22.2 Å². The van der Waals surface area contributed by atoms with Gasteiger partial charge in [0, 0.05) is 19.5 Å². The van der Waals surface area contributed by atoms with Gasteiger partial charge in [0.25, 0.3) is 0 Å². The van der Waals surface area contributed by atoms with Gasteiger partial charge in [0.05, 0.1) is 6.04 Å². The second kappa shape index (κ2) is 13.3. The second-order valence-corrected chi connectivity index (χ2v) is 8.56.